The van der Waals surface area contributed by atoms with Crippen molar-refractivity contribution in [1.29, 1.82) is 0 Å². The molecule has 0 saturated heterocycles. The molecule has 0 fully saturated rings. The molecule has 0 bridgehead atoms. The maximum absolute atomic E-state index is 12.6. The zero-order valence-corrected chi connectivity index (χ0v) is 18.9. The number of carbonyl (C=O) groups excluding carboxylic acids is 1. The molecule has 0 radical (unpaired) electrons. The summed E-state index contributed by atoms with van der Waals surface area (Å²) in [5, 5.41) is 9.14. The molecule has 1 atom stereocenters. The number of nitrogens with one attached hydrogen (secondary N) is 1. The van der Waals surface area contributed by atoms with Crippen molar-refractivity contribution in [3.8, 4) is 0 Å². The number of hydrogen-bond acceptors (Lipinski definition) is 4. The van der Waals surface area contributed by atoms with Crippen molar-refractivity contribution in [1.82, 2.24) is 14.1 Å². The Hall–Kier alpha value is -2.23. The van der Waals surface area contributed by atoms with E-state index in [1.165, 1.54) is 4.31 Å². The summed E-state index contributed by atoms with van der Waals surface area (Å²) in [6.45, 7) is 10.6. The van der Waals surface area contributed by atoms with Crippen LogP contribution in [0.1, 0.15) is 43.8 Å². The third kappa shape index (κ3) is 5.23. The first-order valence-electron chi connectivity index (χ1n) is 9.85. The van der Waals surface area contributed by atoms with E-state index in [0.717, 1.165) is 22.6 Å². The minimum absolute atomic E-state index is 0.0158. The number of aryl methyl sites for hydroxylation is 2. The Labute approximate surface area is 173 Å². The van der Waals surface area contributed by atoms with Crippen molar-refractivity contribution in [3.05, 3.63) is 41.2 Å². The van der Waals surface area contributed by atoms with E-state index < -0.39 is 10.0 Å². The van der Waals surface area contributed by atoms with E-state index in [1.54, 1.807) is 16.8 Å². The van der Waals surface area contributed by atoms with E-state index in [2.05, 4.69) is 10.4 Å². The second kappa shape index (κ2) is 9.51. The van der Waals surface area contributed by atoms with Gasteiger partial charge in [-0.05, 0) is 32.9 Å². The van der Waals surface area contributed by atoms with Gasteiger partial charge in [-0.25, -0.2) is 8.42 Å². The molecule has 3 N–H and O–H groups in total. The van der Waals surface area contributed by atoms with Gasteiger partial charge in [0.1, 0.15) is 6.04 Å². The van der Waals surface area contributed by atoms with E-state index in [-0.39, 0.29) is 23.4 Å². The Morgan fingerprint density at radius 1 is 1.21 bits per heavy atom. The lowest BCUT2D eigenvalue weighted by molar-refractivity contribution is -0.682. The van der Waals surface area contributed by atoms with Gasteiger partial charge in [0, 0.05) is 25.7 Å². The largest absolute Gasteiger partial charge is 0.333 e. The number of anilines is 1. The lowest BCUT2D eigenvalue weighted by Gasteiger charge is -2.19. The summed E-state index contributed by atoms with van der Waals surface area (Å²) in [5.74, 6) is -0.100. The second-order valence-corrected chi connectivity index (χ2v) is 9.04. The first-order valence-corrected chi connectivity index (χ1v) is 11.3. The van der Waals surface area contributed by atoms with Crippen molar-refractivity contribution < 1.29 is 18.5 Å². The molecule has 160 valence electrons. The van der Waals surface area contributed by atoms with Crippen LogP contribution in [-0.2, 0) is 21.9 Å². The smallest absolute Gasteiger partial charge is 0.279 e. The highest BCUT2D eigenvalue weighted by Gasteiger charge is 2.22. The molecule has 1 aromatic heterocycles. The Morgan fingerprint density at radius 2 is 1.79 bits per heavy atom. The van der Waals surface area contributed by atoms with Gasteiger partial charge in [-0.15, -0.1) is 0 Å². The SMILES string of the molecule is CCN(CC)S(=O)(=O)c1ccc([C@@H](C)[NH2+]CC(=O)Nc2c(C)nn(C)c2C)cc1. The minimum atomic E-state index is -3.46. The van der Waals surface area contributed by atoms with Crippen LogP contribution in [0.4, 0.5) is 5.69 Å². The summed E-state index contributed by atoms with van der Waals surface area (Å²) < 4.78 is 28.3. The van der Waals surface area contributed by atoms with Crippen LogP contribution in [0.15, 0.2) is 29.2 Å². The summed E-state index contributed by atoms with van der Waals surface area (Å²) in [6.07, 6.45) is 0. The van der Waals surface area contributed by atoms with Gasteiger partial charge in [-0.1, -0.05) is 26.0 Å². The number of benzene rings is 1. The van der Waals surface area contributed by atoms with Crippen LogP contribution >= 0.6 is 0 Å². The topological polar surface area (TPSA) is 101 Å². The van der Waals surface area contributed by atoms with Crippen LogP contribution in [0.2, 0.25) is 0 Å². The van der Waals surface area contributed by atoms with Crippen molar-refractivity contribution in [2.45, 2.75) is 45.6 Å². The van der Waals surface area contributed by atoms with Gasteiger partial charge in [0.2, 0.25) is 10.0 Å². The number of carbonyl (C=O) groups is 1. The molecule has 0 aliphatic rings. The third-order valence-corrected chi connectivity index (χ3v) is 7.24. The fourth-order valence-corrected chi connectivity index (χ4v) is 4.68. The van der Waals surface area contributed by atoms with Gasteiger partial charge >= 0.3 is 0 Å². The maximum atomic E-state index is 12.6. The van der Waals surface area contributed by atoms with Crippen molar-refractivity contribution in [3.63, 3.8) is 0 Å². The van der Waals surface area contributed by atoms with Gasteiger partial charge in [-0.2, -0.15) is 9.40 Å². The summed E-state index contributed by atoms with van der Waals surface area (Å²) in [5.41, 5.74) is 3.42. The van der Waals surface area contributed by atoms with Crippen molar-refractivity contribution in [2.75, 3.05) is 25.0 Å². The van der Waals surface area contributed by atoms with Crippen molar-refractivity contribution in [2.24, 2.45) is 7.05 Å². The zero-order valence-electron chi connectivity index (χ0n) is 18.1. The highest BCUT2D eigenvalue weighted by Crippen LogP contribution is 2.19. The molecular formula is C20H32N5O3S+. The summed E-state index contributed by atoms with van der Waals surface area (Å²) in [4.78, 5) is 12.6. The van der Waals surface area contributed by atoms with E-state index in [0.29, 0.717) is 13.1 Å². The molecule has 0 aliphatic heterocycles. The van der Waals surface area contributed by atoms with Crippen LogP contribution < -0.4 is 10.6 Å². The molecule has 8 nitrogen and oxygen atoms in total. The molecular weight excluding hydrogens is 390 g/mol. The van der Waals surface area contributed by atoms with E-state index in [4.69, 9.17) is 0 Å². The van der Waals surface area contributed by atoms with Crippen LogP contribution in [0.25, 0.3) is 0 Å². The molecule has 2 rings (SSSR count). The molecule has 29 heavy (non-hydrogen) atoms. The molecule has 9 heteroatoms. The first-order chi connectivity index (χ1) is 13.6. The van der Waals surface area contributed by atoms with Gasteiger partial charge in [0.05, 0.1) is 22.0 Å². The number of amides is 1. The fraction of sp³-hybridized carbons (Fsp3) is 0.500. The summed E-state index contributed by atoms with van der Waals surface area (Å²) in [6, 6.07) is 6.91. The molecule has 1 amide bonds. The molecule has 2 aromatic rings. The van der Waals surface area contributed by atoms with Crippen LogP contribution in [0.3, 0.4) is 0 Å². The number of rotatable bonds is 9. The highest BCUT2D eigenvalue weighted by atomic mass is 32.2. The molecule has 0 spiro atoms. The number of nitrogens with zero attached hydrogens (tertiary/aromatic N) is 3. The predicted octanol–water partition coefficient (Wildman–Crippen LogP) is 1.33. The summed E-state index contributed by atoms with van der Waals surface area (Å²) >= 11 is 0. The van der Waals surface area contributed by atoms with E-state index in [9.17, 15) is 13.2 Å². The minimum Gasteiger partial charge on any atom is -0.333 e. The number of hydrogen-bond donors (Lipinski definition) is 2. The number of quaternary nitrogens is 1. The van der Waals surface area contributed by atoms with Gasteiger partial charge < -0.3 is 10.6 Å². The Bertz CT molecular complexity index is 947. The number of aromatic nitrogens is 2. The summed E-state index contributed by atoms with van der Waals surface area (Å²) in [7, 11) is -1.62. The highest BCUT2D eigenvalue weighted by molar-refractivity contribution is 7.89. The Morgan fingerprint density at radius 3 is 2.28 bits per heavy atom. The zero-order chi connectivity index (χ0) is 21.8. The van der Waals surface area contributed by atoms with Gasteiger partial charge in [-0.3, -0.25) is 9.48 Å². The fourth-order valence-electron chi connectivity index (χ4n) is 3.22. The number of nitrogens with two attached hydrogens (primary N) is 1. The maximum Gasteiger partial charge on any atom is 0.279 e. The van der Waals surface area contributed by atoms with Gasteiger partial charge in [0.15, 0.2) is 6.54 Å². The lowest BCUT2D eigenvalue weighted by atomic mass is 10.1. The van der Waals surface area contributed by atoms with Crippen LogP contribution in [-0.4, -0.2) is 48.0 Å². The molecule has 1 aromatic carbocycles. The monoisotopic (exact) mass is 422 g/mol. The average molecular weight is 423 g/mol. The third-order valence-electron chi connectivity index (χ3n) is 5.18. The van der Waals surface area contributed by atoms with Crippen LogP contribution in [0, 0.1) is 13.8 Å². The molecule has 0 unspecified atom stereocenters. The van der Waals surface area contributed by atoms with Crippen LogP contribution in [0.5, 0.6) is 0 Å². The second-order valence-electron chi connectivity index (χ2n) is 7.10. The van der Waals surface area contributed by atoms with Gasteiger partial charge in [0.25, 0.3) is 5.91 Å². The molecule has 1 heterocycles. The number of sulfonamides is 1. The first kappa shape index (κ1) is 23.1. The Kier molecular flexibility index (Phi) is 7.56. The van der Waals surface area contributed by atoms with Crippen molar-refractivity contribution >= 4 is 21.6 Å². The average Bonchev–Trinajstić information content (AvgIpc) is 2.93. The predicted molar refractivity (Wildman–Crippen MR) is 113 cm³/mol. The lowest BCUT2D eigenvalue weighted by Crippen LogP contribution is -2.86. The van der Waals surface area contributed by atoms with E-state index in [1.807, 2.05) is 59.1 Å². The molecule has 0 aliphatic carbocycles. The standard InChI is InChI=1S/C20H31N5O3S/c1-7-25(8-2)29(27,28)18-11-9-17(10-12-18)14(3)21-13-19(26)22-20-15(4)23-24(6)16(20)5/h9-12,14,21H,7-8,13H2,1-6H3,(H,22,26)/p+1/t14-/m1/s1. The normalized spacial score (nSPS) is 12.9. The quantitative estimate of drug-likeness (QED) is 0.637. The Balaban J connectivity index is 1.99. The molecule has 0 saturated carbocycles. The van der Waals surface area contributed by atoms with E-state index >= 15 is 0 Å².